The van der Waals surface area contributed by atoms with Gasteiger partial charge in [-0.3, -0.25) is 9.69 Å². The average molecular weight is 328 g/mol. The standard InChI is InChI=1S/C20H28N2O2/c1-14-2-4-16(5-3-14)12-22-13-17(10-19-18(22)8-9-24-19)20(23)21-11-15-6-7-15/h2-5,15,17-19H,6-13H2,1H3,(H,21,23)/t17-,18-,19-/m1/s1. The zero-order valence-electron chi connectivity index (χ0n) is 14.5. The fraction of sp³-hybridized carbons (Fsp3) is 0.650. The van der Waals surface area contributed by atoms with E-state index in [0.29, 0.717) is 6.04 Å². The molecule has 0 bridgehead atoms. The Balaban J connectivity index is 1.42. The van der Waals surface area contributed by atoms with Gasteiger partial charge >= 0.3 is 0 Å². The molecule has 1 aromatic rings. The van der Waals surface area contributed by atoms with E-state index in [9.17, 15) is 4.79 Å². The first-order chi connectivity index (χ1) is 11.7. The van der Waals surface area contributed by atoms with Crippen LogP contribution in [0.25, 0.3) is 0 Å². The van der Waals surface area contributed by atoms with E-state index >= 15 is 0 Å². The molecule has 0 radical (unpaired) electrons. The van der Waals surface area contributed by atoms with Crippen molar-refractivity contribution in [2.45, 2.75) is 51.3 Å². The number of hydrogen-bond acceptors (Lipinski definition) is 3. The van der Waals surface area contributed by atoms with E-state index in [0.717, 1.165) is 45.0 Å². The van der Waals surface area contributed by atoms with E-state index in [4.69, 9.17) is 4.74 Å². The molecule has 1 aromatic carbocycles. The lowest BCUT2D eigenvalue weighted by atomic mass is 9.89. The van der Waals surface area contributed by atoms with E-state index in [1.165, 1.54) is 24.0 Å². The maximum absolute atomic E-state index is 12.6. The third-order valence-corrected chi connectivity index (χ3v) is 5.75. The highest BCUT2D eigenvalue weighted by Crippen LogP contribution is 2.33. The number of likely N-dealkylation sites (tertiary alicyclic amines) is 1. The topological polar surface area (TPSA) is 41.6 Å². The number of amides is 1. The van der Waals surface area contributed by atoms with E-state index in [-0.39, 0.29) is 17.9 Å². The zero-order chi connectivity index (χ0) is 16.5. The van der Waals surface area contributed by atoms with Crippen molar-refractivity contribution >= 4 is 5.91 Å². The van der Waals surface area contributed by atoms with Crippen LogP contribution in [-0.4, -0.2) is 42.6 Å². The summed E-state index contributed by atoms with van der Waals surface area (Å²) in [5.41, 5.74) is 2.61. The molecule has 2 heterocycles. The molecule has 1 amide bonds. The van der Waals surface area contributed by atoms with E-state index in [1.807, 2.05) is 0 Å². The number of rotatable bonds is 5. The van der Waals surface area contributed by atoms with Crippen LogP contribution in [0.5, 0.6) is 0 Å². The molecular formula is C20H28N2O2. The molecule has 1 saturated carbocycles. The molecule has 130 valence electrons. The Hall–Kier alpha value is -1.39. The molecule has 24 heavy (non-hydrogen) atoms. The zero-order valence-corrected chi connectivity index (χ0v) is 14.5. The van der Waals surface area contributed by atoms with Crippen LogP contribution in [0.2, 0.25) is 0 Å². The predicted molar refractivity (Wildman–Crippen MR) is 93.6 cm³/mol. The average Bonchev–Trinajstić information content (AvgIpc) is 3.29. The second-order valence-corrected chi connectivity index (χ2v) is 7.80. The monoisotopic (exact) mass is 328 g/mol. The molecule has 2 aliphatic heterocycles. The summed E-state index contributed by atoms with van der Waals surface area (Å²) in [5, 5.41) is 3.16. The summed E-state index contributed by atoms with van der Waals surface area (Å²) in [5.74, 6) is 1.02. The lowest BCUT2D eigenvalue weighted by Crippen LogP contribution is -2.52. The van der Waals surface area contributed by atoms with E-state index in [2.05, 4.69) is 41.4 Å². The minimum absolute atomic E-state index is 0.0635. The summed E-state index contributed by atoms with van der Waals surface area (Å²) in [6.07, 6.45) is 4.75. The Morgan fingerprint density at radius 3 is 2.79 bits per heavy atom. The van der Waals surface area contributed by atoms with Crippen molar-refractivity contribution in [3.63, 3.8) is 0 Å². The summed E-state index contributed by atoms with van der Waals surface area (Å²) in [6.45, 7) is 5.58. The number of benzene rings is 1. The van der Waals surface area contributed by atoms with Crippen molar-refractivity contribution in [1.29, 1.82) is 0 Å². The fourth-order valence-corrected chi connectivity index (χ4v) is 4.06. The van der Waals surface area contributed by atoms with Crippen LogP contribution >= 0.6 is 0 Å². The summed E-state index contributed by atoms with van der Waals surface area (Å²) >= 11 is 0. The molecule has 4 heteroatoms. The van der Waals surface area contributed by atoms with Gasteiger partial charge in [0.1, 0.15) is 0 Å². The molecule has 4 nitrogen and oxygen atoms in total. The van der Waals surface area contributed by atoms with Gasteiger partial charge in [-0.2, -0.15) is 0 Å². The molecule has 1 aliphatic carbocycles. The molecule has 0 spiro atoms. The van der Waals surface area contributed by atoms with Crippen LogP contribution < -0.4 is 5.32 Å². The number of ether oxygens (including phenoxy) is 1. The normalized spacial score (nSPS) is 30.1. The third-order valence-electron chi connectivity index (χ3n) is 5.75. The number of nitrogens with zero attached hydrogens (tertiary/aromatic N) is 1. The molecule has 0 aromatic heterocycles. The molecule has 1 N–H and O–H groups in total. The molecule has 4 rings (SSSR count). The van der Waals surface area contributed by atoms with Crippen LogP contribution in [0.15, 0.2) is 24.3 Å². The first-order valence-electron chi connectivity index (χ1n) is 9.38. The number of hydrogen-bond donors (Lipinski definition) is 1. The second-order valence-electron chi connectivity index (χ2n) is 7.80. The third kappa shape index (κ3) is 3.65. The highest BCUT2D eigenvalue weighted by Gasteiger charge is 2.42. The van der Waals surface area contributed by atoms with Crippen LogP contribution in [0.4, 0.5) is 0 Å². The van der Waals surface area contributed by atoms with Gasteiger partial charge in [0.05, 0.1) is 12.0 Å². The Labute approximate surface area is 144 Å². The first-order valence-corrected chi connectivity index (χ1v) is 9.38. The largest absolute Gasteiger partial charge is 0.377 e. The molecule has 3 atom stereocenters. The number of piperidine rings is 1. The summed E-state index contributed by atoms with van der Waals surface area (Å²) in [4.78, 5) is 15.0. The molecule has 3 aliphatic rings. The summed E-state index contributed by atoms with van der Waals surface area (Å²) in [7, 11) is 0. The predicted octanol–water partition coefficient (Wildman–Crippen LogP) is 2.50. The smallest absolute Gasteiger partial charge is 0.224 e. The van der Waals surface area contributed by atoms with Crippen molar-refractivity contribution in [3.05, 3.63) is 35.4 Å². The minimum atomic E-state index is 0.0635. The molecular weight excluding hydrogens is 300 g/mol. The highest BCUT2D eigenvalue weighted by atomic mass is 16.5. The van der Waals surface area contributed by atoms with Gasteiger partial charge in [0.25, 0.3) is 0 Å². The Morgan fingerprint density at radius 1 is 1.25 bits per heavy atom. The number of aryl methyl sites for hydroxylation is 1. The van der Waals surface area contributed by atoms with Gasteiger partial charge in [-0.05, 0) is 44.1 Å². The summed E-state index contributed by atoms with van der Waals surface area (Å²) in [6, 6.07) is 9.22. The van der Waals surface area contributed by atoms with Crippen LogP contribution in [0, 0.1) is 18.8 Å². The van der Waals surface area contributed by atoms with Crippen LogP contribution in [-0.2, 0) is 16.1 Å². The second kappa shape index (κ2) is 6.85. The molecule has 0 unspecified atom stereocenters. The van der Waals surface area contributed by atoms with Crippen molar-refractivity contribution in [2.75, 3.05) is 19.7 Å². The van der Waals surface area contributed by atoms with Crippen molar-refractivity contribution in [3.8, 4) is 0 Å². The van der Waals surface area contributed by atoms with E-state index in [1.54, 1.807) is 0 Å². The van der Waals surface area contributed by atoms with Gasteiger partial charge in [0.2, 0.25) is 5.91 Å². The number of fused-ring (bicyclic) bond motifs is 1. The van der Waals surface area contributed by atoms with Gasteiger partial charge in [0.15, 0.2) is 0 Å². The lowest BCUT2D eigenvalue weighted by molar-refractivity contribution is -0.129. The van der Waals surface area contributed by atoms with Gasteiger partial charge in [-0.15, -0.1) is 0 Å². The Bertz CT molecular complexity index is 582. The van der Waals surface area contributed by atoms with Gasteiger partial charge in [-0.25, -0.2) is 0 Å². The quantitative estimate of drug-likeness (QED) is 0.903. The summed E-state index contributed by atoms with van der Waals surface area (Å²) < 4.78 is 5.94. The van der Waals surface area contributed by atoms with Gasteiger partial charge < -0.3 is 10.1 Å². The highest BCUT2D eigenvalue weighted by molar-refractivity contribution is 5.79. The lowest BCUT2D eigenvalue weighted by Gasteiger charge is -2.40. The van der Waals surface area contributed by atoms with Crippen LogP contribution in [0.1, 0.15) is 36.8 Å². The first kappa shape index (κ1) is 16.1. The fourth-order valence-electron chi connectivity index (χ4n) is 4.06. The van der Waals surface area contributed by atoms with Crippen molar-refractivity contribution in [2.24, 2.45) is 11.8 Å². The number of carbonyl (C=O) groups excluding carboxylic acids is 1. The Kier molecular flexibility index (Phi) is 4.59. The van der Waals surface area contributed by atoms with Crippen LogP contribution in [0.3, 0.4) is 0 Å². The SMILES string of the molecule is Cc1ccc(CN2C[C@H](C(=O)NCC3CC3)C[C@H]3OCC[C@H]32)cc1. The molecule has 3 fully saturated rings. The maximum Gasteiger partial charge on any atom is 0.224 e. The van der Waals surface area contributed by atoms with Crippen molar-refractivity contribution in [1.82, 2.24) is 10.2 Å². The number of nitrogens with one attached hydrogen (secondary N) is 1. The van der Waals surface area contributed by atoms with Crippen molar-refractivity contribution < 1.29 is 9.53 Å². The minimum Gasteiger partial charge on any atom is -0.377 e. The number of carbonyl (C=O) groups is 1. The van der Waals surface area contributed by atoms with Gasteiger partial charge in [-0.1, -0.05) is 29.8 Å². The van der Waals surface area contributed by atoms with Gasteiger partial charge in [0, 0.05) is 32.3 Å². The maximum atomic E-state index is 12.6. The van der Waals surface area contributed by atoms with E-state index < -0.39 is 0 Å². The Morgan fingerprint density at radius 2 is 2.04 bits per heavy atom. The molecule has 2 saturated heterocycles.